The van der Waals surface area contributed by atoms with E-state index in [1.54, 1.807) is 17.3 Å². The molecule has 1 aliphatic rings. The smallest absolute Gasteiger partial charge is 0.256 e. The Bertz CT molecular complexity index is 1210. The lowest BCUT2D eigenvalue weighted by Crippen LogP contribution is -2.38. The lowest BCUT2D eigenvalue weighted by atomic mass is 9.92. The zero-order chi connectivity index (χ0) is 21.3. The average Bonchev–Trinajstić information content (AvgIpc) is 2.78. The largest absolute Gasteiger partial charge is 0.339 e. The van der Waals surface area contributed by atoms with Crippen LogP contribution in [0.15, 0.2) is 53.7 Å². The summed E-state index contributed by atoms with van der Waals surface area (Å²) >= 11 is 0. The van der Waals surface area contributed by atoms with Gasteiger partial charge in [-0.25, -0.2) is 17.5 Å². The van der Waals surface area contributed by atoms with Crippen LogP contribution in [0.4, 0.5) is 4.39 Å². The van der Waals surface area contributed by atoms with E-state index in [9.17, 15) is 17.6 Å². The van der Waals surface area contributed by atoms with Crippen LogP contribution in [-0.2, 0) is 10.0 Å². The van der Waals surface area contributed by atoms with Gasteiger partial charge in [0, 0.05) is 42.5 Å². The summed E-state index contributed by atoms with van der Waals surface area (Å²) in [5.41, 5.74) is 1.57. The summed E-state index contributed by atoms with van der Waals surface area (Å²) in [5, 5.41) is 0.973. The predicted octanol–water partition coefficient (Wildman–Crippen LogP) is 2.70. The van der Waals surface area contributed by atoms with Crippen LogP contribution in [0, 0.1) is 5.82 Å². The van der Waals surface area contributed by atoms with Crippen LogP contribution in [0.25, 0.3) is 10.9 Å². The van der Waals surface area contributed by atoms with Gasteiger partial charge in [-0.3, -0.25) is 14.8 Å². The number of hydrogen-bond donors (Lipinski definition) is 1. The molecule has 30 heavy (non-hydrogen) atoms. The molecule has 2 aromatic heterocycles. The monoisotopic (exact) mass is 428 g/mol. The van der Waals surface area contributed by atoms with E-state index >= 15 is 0 Å². The summed E-state index contributed by atoms with van der Waals surface area (Å²) in [5.74, 6) is -1.06. The van der Waals surface area contributed by atoms with Crippen molar-refractivity contribution in [1.82, 2.24) is 19.6 Å². The molecule has 3 heterocycles. The van der Waals surface area contributed by atoms with Crippen LogP contribution < -0.4 is 4.72 Å². The highest BCUT2D eigenvalue weighted by atomic mass is 32.2. The molecule has 3 aromatic rings. The summed E-state index contributed by atoms with van der Waals surface area (Å²) in [4.78, 5) is 23.2. The van der Waals surface area contributed by atoms with E-state index in [0.717, 1.165) is 34.8 Å². The molecule has 0 aliphatic carbocycles. The normalized spacial score (nSPS) is 15.5. The number of pyridine rings is 2. The zero-order valence-electron chi connectivity index (χ0n) is 16.4. The average molecular weight is 428 g/mol. The van der Waals surface area contributed by atoms with Crippen LogP contribution in [0.1, 0.15) is 34.8 Å². The number of benzene rings is 1. The number of fused-ring (bicyclic) bond motifs is 1. The first-order valence-electron chi connectivity index (χ1n) is 9.62. The fourth-order valence-electron chi connectivity index (χ4n) is 3.71. The van der Waals surface area contributed by atoms with Gasteiger partial charge in [-0.05, 0) is 56.3 Å². The maximum atomic E-state index is 14.3. The van der Waals surface area contributed by atoms with Crippen molar-refractivity contribution in [3.8, 4) is 0 Å². The van der Waals surface area contributed by atoms with E-state index in [0.29, 0.717) is 25.9 Å². The Morgan fingerprint density at radius 1 is 1.17 bits per heavy atom. The number of halogens is 1. The van der Waals surface area contributed by atoms with Crippen molar-refractivity contribution in [2.45, 2.75) is 23.7 Å². The molecular weight excluding hydrogens is 407 g/mol. The molecule has 0 spiro atoms. The standard InChI is InChI=1S/C21H21FN4O3S/c1-23-30(28,29)16-4-5-18(22)17(11-16)21(27)26-9-6-14(7-10-26)19-12-20-15(13-25-19)3-2-8-24-20/h2-5,8,11-14,23H,6-7,9-10H2,1H3. The Balaban J connectivity index is 1.50. The number of aromatic nitrogens is 2. The van der Waals surface area contributed by atoms with Gasteiger partial charge in [0.15, 0.2) is 0 Å². The Kier molecular flexibility index (Phi) is 5.48. The maximum Gasteiger partial charge on any atom is 0.256 e. The Hall–Kier alpha value is -2.91. The number of carbonyl (C=O) groups is 1. The maximum absolute atomic E-state index is 14.3. The Labute approximate surface area is 174 Å². The van der Waals surface area contributed by atoms with E-state index in [4.69, 9.17) is 0 Å². The lowest BCUT2D eigenvalue weighted by Gasteiger charge is -2.32. The molecule has 0 atom stereocenters. The number of nitrogens with zero attached hydrogens (tertiary/aromatic N) is 3. The van der Waals surface area contributed by atoms with Gasteiger partial charge in [0.25, 0.3) is 5.91 Å². The van der Waals surface area contributed by atoms with Crippen molar-refractivity contribution >= 4 is 26.8 Å². The molecule has 4 rings (SSSR count). The molecule has 1 aliphatic heterocycles. The van der Waals surface area contributed by atoms with Gasteiger partial charge in [0.2, 0.25) is 10.0 Å². The number of rotatable bonds is 4. The first-order valence-corrected chi connectivity index (χ1v) is 11.1. The predicted molar refractivity (Wildman–Crippen MR) is 110 cm³/mol. The third kappa shape index (κ3) is 3.90. The van der Waals surface area contributed by atoms with Gasteiger partial charge in [-0.2, -0.15) is 0 Å². The van der Waals surface area contributed by atoms with Crippen molar-refractivity contribution in [2.24, 2.45) is 0 Å². The fraction of sp³-hybridized carbons (Fsp3) is 0.286. The first kappa shape index (κ1) is 20.4. The van der Waals surface area contributed by atoms with E-state index in [1.807, 2.05) is 18.2 Å². The summed E-state index contributed by atoms with van der Waals surface area (Å²) < 4.78 is 40.4. The number of piperidine rings is 1. The fourth-order valence-corrected chi connectivity index (χ4v) is 4.46. The van der Waals surface area contributed by atoms with Gasteiger partial charge in [0.05, 0.1) is 16.0 Å². The first-order chi connectivity index (χ1) is 14.4. The minimum Gasteiger partial charge on any atom is -0.339 e. The van der Waals surface area contributed by atoms with Gasteiger partial charge >= 0.3 is 0 Å². The minimum atomic E-state index is -3.77. The molecule has 7 nitrogen and oxygen atoms in total. The SMILES string of the molecule is CNS(=O)(=O)c1ccc(F)c(C(=O)N2CCC(c3cc4ncccc4cn3)CC2)c1. The highest BCUT2D eigenvalue weighted by molar-refractivity contribution is 7.89. The number of sulfonamides is 1. The molecule has 0 unspecified atom stereocenters. The van der Waals surface area contributed by atoms with Gasteiger partial charge in [-0.15, -0.1) is 0 Å². The summed E-state index contributed by atoms with van der Waals surface area (Å²) in [7, 11) is -2.50. The molecule has 0 radical (unpaired) electrons. The second kappa shape index (κ2) is 8.08. The second-order valence-electron chi connectivity index (χ2n) is 7.22. The van der Waals surface area contributed by atoms with E-state index in [1.165, 1.54) is 7.05 Å². The highest BCUT2D eigenvalue weighted by Gasteiger charge is 2.28. The van der Waals surface area contributed by atoms with Crippen LogP contribution in [0.5, 0.6) is 0 Å². The van der Waals surface area contributed by atoms with Crippen molar-refractivity contribution in [2.75, 3.05) is 20.1 Å². The zero-order valence-corrected chi connectivity index (χ0v) is 17.2. The van der Waals surface area contributed by atoms with E-state index < -0.39 is 21.7 Å². The van der Waals surface area contributed by atoms with Crippen molar-refractivity contribution in [3.63, 3.8) is 0 Å². The Morgan fingerprint density at radius 2 is 1.93 bits per heavy atom. The molecule has 0 bridgehead atoms. The Morgan fingerprint density at radius 3 is 2.67 bits per heavy atom. The summed E-state index contributed by atoms with van der Waals surface area (Å²) in [6.45, 7) is 0.877. The van der Waals surface area contributed by atoms with E-state index in [-0.39, 0.29) is 16.4 Å². The quantitative estimate of drug-likeness (QED) is 0.690. The van der Waals surface area contributed by atoms with Crippen LogP contribution >= 0.6 is 0 Å². The second-order valence-corrected chi connectivity index (χ2v) is 9.11. The van der Waals surface area contributed by atoms with Crippen LogP contribution in [0.3, 0.4) is 0 Å². The minimum absolute atomic E-state index is 0.141. The lowest BCUT2D eigenvalue weighted by molar-refractivity contribution is 0.0707. The molecule has 1 aromatic carbocycles. The number of likely N-dealkylation sites (tertiary alicyclic amines) is 1. The van der Waals surface area contributed by atoms with Crippen LogP contribution in [0.2, 0.25) is 0 Å². The molecule has 1 saturated heterocycles. The molecular formula is C21H21FN4O3S. The van der Waals surface area contributed by atoms with Crippen LogP contribution in [-0.4, -0.2) is 49.3 Å². The number of hydrogen-bond acceptors (Lipinski definition) is 5. The summed E-state index contributed by atoms with van der Waals surface area (Å²) in [6, 6.07) is 9.04. The van der Waals surface area contributed by atoms with Gasteiger partial charge < -0.3 is 4.90 Å². The molecule has 156 valence electrons. The molecule has 0 saturated carbocycles. The highest BCUT2D eigenvalue weighted by Crippen LogP contribution is 2.29. The molecule has 9 heteroatoms. The van der Waals surface area contributed by atoms with Crippen molar-refractivity contribution < 1.29 is 17.6 Å². The van der Waals surface area contributed by atoms with Gasteiger partial charge in [0.1, 0.15) is 5.82 Å². The van der Waals surface area contributed by atoms with Crippen molar-refractivity contribution in [3.05, 3.63) is 65.9 Å². The number of carbonyl (C=O) groups excluding carboxylic acids is 1. The third-order valence-corrected chi connectivity index (χ3v) is 6.87. The molecule has 1 N–H and O–H groups in total. The number of nitrogens with one attached hydrogen (secondary N) is 1. The topological polar surface area (TPSA) is 92.3 Å². The van der Waals surface area contributed by atoms with E-state index in [2.05, 4.69) is 14.7 Å². The molecule has 1 amide bonds. The van der Waals surface area contributed by atoms with Crippen molar-refractivity contribution in [1.29, 1.82) is 0 Å². The third-order valence-electron chi connectivity index (χ3n) is 5.46. The number of amides is 1. The van der Waals surface area contributed by atoms with Gasteiger partial charge in [-0.1, -0.05) is 0 Å². The summed E-state index contributed by atoms with van der Waals surface area (Å²) in [6.07, 6.45) is 4.92. The molecule has 1 fully saturated rings.